The number of rotatable bonds is 10. The predicted molar refractivity (Wildman–Crippen MR) is 121 cm³/mol. The molecule has 0 amide bonds. The van der Waals surface area contributed by atoms with Gasteiger partial charge in [0.15, 0.2) is 12.2 Å². The molecule has 1 N–H and O–H groups in total. The lowest BCUT2D eigenvalue weighted by atomic mass is 9.98. The topological polar surface area (TPSA) is 83.5 Å². The molecule has 0 aliphatic carbocycles. The summed E-state index contributed by atoms with van der Waals surface area (Å²) in [4.78, 5) is 12.0. The number of halogens is 2. The molecule has 0 bridgehead atoms. The maximum Gasteiger partial charge on any atom is 0.321 e. The minimum Gasteiger partial charge on any atom is -0.456 e. The highest BCUT2D eigenvalue weighted by Gasteiger charge is 2.57. The van der Waals surface area contributed by atoms with Gasteiger partial charge < -0.3 is 28.8 Å². The van der Waals surface area contributed by atoms with Crippen molar-refractivity contribution in [2.24, 2.45) is 0 Å². The molecule has 1 saturated heterocycles. The Morgan fingerprint density at radius 1 is 1.03 bits per heavy atom. The average Bonchev–Trinajstić information content (AvgIpc) is 2.84. The van der Waals surface area contributed by atoms with Crippen LogP contribution in [0.15, 0.2) is 60.7 Å². The van der Waals surface area contributed by atoms with Crippen LogP contribution in [0.25, 0.3) is 0 Å². The van der Waals surface area contributed by atoms with Crippen molar-refractivity contribution in [3.63, 3.8) is 0 Å². The predicted octanol–water partition coefficient (Wildman–Crippen LogP) is 3.39. The van der Waals surface area contributed by atoms with Crippen molar-refractivity contribution >= 4 is 33.5 Å². The number of ether oxygens (including phenoxy) is 5. The summed E-state index contributed by atoms with van der Waals surface area (Å²) in [6.07, 6.45) is -3.60. The maximum absolute atomic E-state index is 12.0. The number of aliphatic hydroxyl groups excluding tert-OH is 1. The fourth-order valence-corrected chi connectivity index (χ4v) is 4.15. The highest BCUT2D eigenvalue weighted by Crippen LogP contribution is 2.40. The van der Waals surface area contributed by atoms with E-state index in [1.807, 2.05) is 60.7 Å². The van der Waals surface area contributed by atoms with Crippen molar-refractivity contribution in [3.8, 4) is 0 Å². The molecule has 0 aromatic heterocycles. The molecule has 9 heteroatoms. The molecule has 3 rings (SSSR count). The molecule has 1 aliphatic heterocycles. The number of carbonyl (C=O) groups excluding carboxylic acids is 1. The van der Waals surface area contributed by atoms with E-state index in [0.29, 0.717) is 0 Å². The highest BCUT2D eigenvalue weighted by atomic mass is 79.9. The second-order valence-electron chi connectivity index (χ2n) is 7.19. The summed E-state index contributed by atoms with van der Waals surface area (Å²) in [6.45, 7) is 0.0147. The van der Waals surface area contributed by atoms with Crippen molar-refractivity contribution in [3.05, 3.63) is 71.8 Å². The number of carbonyl (C=O) groups is 1. The van der Waals surface area contributed by atoms with E-state index in [0.717, 1.165) is 11.1 Å². The number of esters is 1. The van der Waals surface area contributed by atoms with Gasteiger partial charge in [-0.3, -0.25) is 4.79 Å². The third-order valence-corrected chi connectivity index (χ3v) is 6.21. The molecule has 0 spiro atoms. The molecule has 2 aromatic rings. The van der Waals surface area contributed by atoms with Gasteiger partial charge in [-0.1, -0.05) is 60.7 Å². The first-order valence-corrected chi connectivity index (χ1v) is 11.4. The van der Waals surface area contributed by atoms with Crippen LogP contribution in [0, 0.1) is 0 Å². The maximum atomic E-state index is 12.0. The zero-order valence-electron chi connectivity index (χ0n) is 17.6. The summed E-state index contributed by atoms with van der Waals surface area (Å²) in [6, 6.07) is 19.1. The van der Waals surface area contributed by atoms with E-state index in [1.165, 1.54) is 7.11 Å². The lowest BCUT2D eigenvalue weighted by Gasteiger charge is -2.48. The van der Waals surface area contributed by atoms with Crippen molar-refractivity contribution in [2.75, 3.05) is 19.6 Å². The molecule has 7 nitrogen and oxygen atoms in total. The number of methoxy groups -OCH3 is 1. The Morgan fingerprint density at radius 2 is 1.59 bits per heavy atom. The molecule has 174 valence electrons. The van der Waals surface area contributed by atoms with Crippen molar-refractivity contribution in [1.82, 2.24) is 0 Å². The zero-order chi connectivity index (χ0) is 23.0. The second kappa shape index (κ2) is 12.1. The molecule has 0 saturated carbocycles. The van der Waals surface area contributed by atoms with Crippen LogP contribution in [0.4, 0.5) is 0 Å². The Kier molecular flexibility index (Phi) is 9.48. The van der Waals surface area contributed by atoms with E-state index < -0.39 is 41.7 Å². The minimum atomic E-state index is -1.44. The summed E-state index contributed by atoms with van der Waals surface area (Å²) in [5.41, 5.74) is 1.85. The summed E-state index contributed by atoms with van der Waals surface area (Å²) < 4.78 is 28.0. The summed E-state index contributed by atoms with van der Waals surface area (Å²) in [7, 11) is 1.45. The molecule has 1 fully saturated rings. The van der Waals surface area contributed by atoms with Crippen molar-refractivity contribution < 1.29 is 33.6 Å². The third kappa shape index (κ3) is 6.29. The zero-order valence-corrected chi connectivity index (χ0v) is 19.9. The molecule has 2 aromatic carbocycles. The van der Waals surface area contributed by atoms with E-state index in [-0.39, 0.29) is 19.1 Å². The molecule has 1 heterocycles. The van der Waals surface area contributed by atoms with E-state index in [1.54, 1.807) is 0 Å². The van der Waals surface area contributed by atoms with Crippen LogP contribution in [0.5, 0.6) is 0 Å². The number of aliphatic hydroxyl groups is 1. The summed E-state index contributed by atoms with van der Waals surface area (Å²) >= 11 is 9.13. The summed E-state index contributed by atoms with van der Waals surface area (Å²) in [5.74, 6) is -1.01. The normalized spacial score (nSPS) is 27.8. The molecular weight excluding hydrogens is 504 g/mol. The van der Waals surface area contributed by atoms with E-state index in [4.69, 9.17) is 35.3 Å². The van der Waals surface area contributed by atoms with Gasteiger partial charge in [-0.25, -0.2) is 0 Å². The lowest BCUT2D eigenvalue weighted by molar-refractivity contribution is -0.329. The van der Waals surface area contributed by atoms with Gasteiger partial charge in [0.05, 0.1) is 19.8 Å². The Morgan fingerprint density at radius 3 is 2.09 bits per heavy atom. The molecule has 0 radical (unpaired) electrons. The first-order chi connectivity index (χ1) is 15.5. The van der Waals surface area contributed by atoms with Gasteiger partial charge >= 0.3 is 5.97 Å². The quantitative estimate of drug-likeness (QED) is 0.373. The van der Waals surface area contributed by atoms with Gasteiger partial charge in [0, 0.05) is 7.11 Å². The van der Waals surface area contributed by atoms with Crippen LogP contribution in [0.3, 0.4) is 0 Å². The first-order valence-electron chi connectivity index (χ1n) is 10.1. The van der Waals surface area contributed by atoms with Crippen LogP contribution in [-0.2, 0) is 41.7 Å². The number of hydrogen-bond acceptors (Lipinski definition) is 7. The van der Waals surface area contributed by atoms with Gasteiger partial charge in [0.2, 0.25) is 0 Å². The van der Waals surface area contributed by atoms with Crippen molar-refractivity contribution in [1.29, 1.82) is 0 Å². The Bertz CT molecular complexity index is 841. The van der Waals surface area contributed by atoms with E-state index >= 15 is 0 Å². The molecule has 32 heavy (non-hydrogen) atoms. The van der Waals surface area contributed by atoms with E-state index in [2.05, 4.69) is 15.9 Å². The standard InChI is InChI=1S/C23H26BrClO7/c1-28-23(24)22(30-15-17-10-6-3-7-11-17)21(29-14-16-8-4-2-5-9-16)20(18(13-26)32-23)31-19(27)12-25/h2-11,18,20-22,26H,12-15H2,1H3/t18-,20-,21+,22-,23-/m1/s1. The number of hydrogen-bond donors (Lipinski definition) is 1. The van der Waals surface area contributed by atoms with Gasteiger partial charge in [0.25, 0.3) is 4.70 Å². The van der Waals surface area contributed by atoms with Gasteiger partial charge in [-0.15, -0.1) is 11.6 Å². The summed E-state index contributed by atoms with van der Waals surface area (Å²) in [5, 5.41) is 9.95. The Labute approximate surface area is 200 Å². The minimum absolute atomic E-state index is 0.219. The van der Waals surface area contributed by atoms with Crippen LogP contribution < -0.4 is 0 Å². The fraction of sp³-hybridized carbons (Fsp3) is 0.435. The molecule has 0 unspecified atom stereocenters. The van der Waals surface area contributed by atoms with E-state index in [9.17, 15) is 9.90 Å². The van der Waals surface area contributed by atoms with Crippen LogP contribution in [-0.4, -0.2) is 59.8 Å². The fourth-order valence-electron chi connectivity index (χ4n) is 3.46. The van der Waals surface area contributed by atoms with Gasteiger partial charge in [-0.05, 0) is 27.1 Å². The SMILES string of the molecule is CO[C@@]1(Br)O[C@H](CO)[C@@H](OC(=O)CCl)[C@H](OCc2ccccc2)[C@H]1OCc1ccccc1. The number of benzene rings is 2. The van der Waals surface area contributed by atoms with Gasteiger partial charge in [0.1, 0.15) is 18.1 Å². The number of alkyl halides is 2. The largest absolute Gasteiger partial charge is 0.456 e. The monoisotopic (exact) mass is 528 g/mol. The molecule has 1 aliphatic rings. The Balaban J connectivity index is 1.90. The van der Waals surface area contributed by atoms with Crippen LogP contribution >= 0.6 is 27.5 Å². The smallest absolute Gasteiger partial charge is 0.321 e. The van der Waals surface area contributed by atoms with Crippen LogP contribution in [0.2, 0.25) is 0 Å². The van der Waals surface area contributed by atoms with Gasteiger partial charge in [-0.2, -0.15) is 0 Å². The first kappa shape index (κ1) is 25.1. The van der Waals surface area contributed by atoms with Crippen LogP contribution in [0.1, 0.15) is 11.1 Å². The molecule has 5 atom stereocenters. The van der Waals surface area contributed by atoms with Crippen molar-refractivity contribution in [2.45, 2.75) is 42.3 Å². The highest BCUT2D eigenvalue weighted by molar-refractivity contribution is 9.10. The molecular formula is C23H26BrClO7. The average molecular weight is 530 g/mol. The third-order valence-electron chi connectivity index (χ3n) is 5.03. The lowest BCUT2D eigenvalue weighted by Crippen LogP contribution is -2.65. The second-order valence-corrected chi connectivity index (χ2v) is 8.56. The Hall–Kier alpha value is -1.52.